The van der Waals surface area contributed by atoms with Gasteiger partial charge in [0.15, 0.2) is 11.5 Å². The fourth-order valence-corrected chi connectivity index (χ4v) is 2.91. The third-order valence-corrected chi connectivity index (χ3v) is 4.20. The fraction of sp³-hybridized carbons (Fsp3) is 0.368. The van der Waals surface area contributed by atoms with E-state index in [2.05, 4.69) is 29.6 Å². The van der Waals surface area contributed by atoms with Crippen molar-refractivity contribution in [2.24, 2.45) is 0 Å². The van der Waals surface area contributed by atoms with Gasteiger partial charge in [0.05, 0.1) is 26.9 Å². The van der Waals surface area contributed by atoms with Gasteiger partial charge in [-0.1, -0.05) is 30.3 Å². The zero-order valence-electron chi connectivity index (χ0n) is 13.7. The first-order valence-corrected chi connectivity index (χ1v) is 7.94. The molecule has 1 fully saturated rings. The highest BCUT2D eigenvalue weighted by Crippen LogP contribution is 2.33. The van der Waals surface area contributed by atoms with Crippen LogP contribution in [0.25, 0.3) is 11.1 Å². The van der Waals surface area contributed by atoms with Crippen LogP contribution < -0.4 is 14.8 Å². The summed E-state index contributed by atoms with van der Waals surface area (Å²) in [4.78, 5) is 0. The van der Waals surface area contributed by atoms with Crippen molar-refractivity contribution in [1.82, 2.24) is 5.32 Å². The molecule has 23 heavy (non-hydrogen) atoms. The summed E-state index contributed by atoms with van der Waals surface area (Å²) in [5.41, 5.74) is 3.46. The SMILES string of the molecule is COc1ccc(-c2ccccc2COC2CCNC2)cc1OC. The van der Waals surface area contributed by atoms with Gasteiger partial charge < -0.3 is 19.5 Å². The molecule has 2 aromatic carbocycles. The number of methoxy groups -OCH3 is 2. The van der Waals surface area contributed by atoms with Crippen molar-refractivity contribution < 1.29 is 14.2 Å². The van der Waals surface area contributed by atoms with Gasteiger partial charge in [0.2, 0.25) is 0 Å². The molecule has 1 atom stereocenters. The minimum atomic E-state index is 0.313. The van der Waals surface area contributed by atoms with Gasteiger partial charge in [-0.15, -0.1) is 0 Å². The van der Waals surface area contributed by atoms with Crippen molar-refractivity contribution in [1.29, 1.82) is 0 Å². The van der Waals surface area contributed by atoms with Crippen LogP contribution in [0.2, 0.25) is 0 Å². The Morgan fingerprint density at radius 3 is 2.61 bits per heavy atom. The van der Waals surface area contributed by atoms with Gasteiger partial charge in [0.25, 0.3) is 0 Å². The average molecular weight is 313 g/mol. The smallest absolute Gasteiger partial charge is 0.161 e. The van der Waals surface area contributed by atoms with E-state index in [1.165, 1.54) is 11.1 Å². The second kappa shape index (κ2) is 7.49. The third kappa shape index (κ3) is 3.66. The summed E-state index contributed by atoms with van der Waals surface area (Å²) in [6, 6.07) is 14.3. The molecule has 1 unspecified atom stereocenters. The van der Waals surface area contributed by atoms with Crippen LogP contribution in [0.4, 0.5) is 0 Å². The first-order chi connectivity index (χ1) is 11.3. The molecule has 0 saturated carbocycles. The highest BCUT2D eigenvalue weighted by Gasteiger charge is 2.16. The van der Waals surface area contributed by atoms with E-state index in [9.17, 15) is 0 Å². The predicted octanol–water partition coefficient (Wildman–Crippen LogP) is 3.25. The number of benzene rings is 2. The quantitative estimate of drug-likeness (QED) is 0.888. The highest BCUT2D eigenvalue weighted by atomic mass is 16.5. The summed E-state index contributed by atoms with van der Waals surface area (Å²) in [5, 5.41) is 3.33. The lowest BCUT2D eigenvalue weighted by atomic mass is 9.99. The molecule has 1 saturated heterocycles. The van der Waals surface area contributed by atoms with Crippen LogP contribution in [0, 0.1) is 0 Å². The molecule has 1 heterocycles. The Labute approximate surface area is 137 Å². The van der Waals surface area contributed by atoms with E-state index in [1.54, 1.807) is 14.2 Å². The van der Waals surface area contributed by atoms with Crippen LogP contribution in [0.1, 0.15) is 12.0 Å². The van der Waals surface area contributed by atoms with Gasteiger partial charge in [-0.2, -0.15) is 0 Å². The molecule has 4 nitrogen and oxygen atoms in total. The van der Waals surface area contributed by atoms with E-state index < -0.39 is 0 Å². The lowest BCUT2D eigenvalue weighted by Crippen LogP contribution is -2.16. The van der Waals surface area contributed by atoms with E-state index in [4.69, 9.17) is 14.2 Å². The number of rotatable bonds is 6. The van der Waals surface area contributed by atoms with Crippen molar-refractivity contribution in [2.75, 3.05) is 27.3 Å². The van der Waals surface area contributed by atoms with E-state index >= 15 is 0 Å². The molecule has 2 aromatic rings. The van der Waals surface area contributed by atoms with Gasteiger partial charge in [0.1, 0.15) is 0 Å². The van der Waals surface area contributed by atoms with Gasteiger partial charge in [-0.3, -0.25) is 0 Å². The summed E-state index contributed by atoms with van der Waals surface area (Å²) < 4.78 is 16.8. The van der Waals surface area contributed by atoms with Crippen molar-refractivity contribution in [2.45, 2.75) is 19.1 Å². The minimum Gasteiger partial charge on any atom is -0.493 e. The lowest BCUT2D eigenvalue weighted by molar-refractivity contribution is 0.0545. The molecule has 1 aliphatic heterocycles. The molecule has 1 aliphatic rings. The molecule has 0 bridgehead atoms. The highest BCUT2D eigenvalue weighted by molar-refractivity contribution is 5.70. The second-order valence-corrected chi connectivity index (χ2v) is 5.65. The summed E-state index contributed by atoms with van der Waals surface area (Å²) in [6.45, 7) is 2.61. The number of nitrogens with one attached hydrogen (secondary N) is 1. The fourth-order valence-electron chi connectivity index (χ4n) is 2.91. The number of hydrogen-bond donors (Lipinski definition) is 1. The molecule has 1 N–H and O–H groups in total. The lowest BCUT2D eigenvalue weighted by Gasteiger charge is -2.15. The Morgan fingerprint density at radius 2 is 1.87 bits per heavy atom. The molecule has 0 aliphatic carbocycles. The number of hydrogen-bond acceptors (Lipinski definition) is 4. The monoisotopic (exact) mass is 313 g/mol. The Morgan fingerprint density at radius 1 is 1.04 bits per heavy atom. The first-order valence-electron chi connectivity index (χ1n) is 7.94. The summed E-state index contributed by atoms with van der Waals surface area (Å²) >= 11 is 0. The summed E-state index contributed by atoms with van der Waals surface area (Å²) in [5.74, 6) is 1.47. The molecule has 4 heteroatoms. The van der Waals surface area contributed by atoms with Crippen LogP contribution >= 0.6 is 0 Å². The largest absolute Gasteiger partial charge is 0.493 e. The van der Waals surface area contributed by atoms with Crippen molar-refractivity contribution in [3.8, 4) is 22.6 Å². The van der Waals surface area contributed by atoms with E-state index in [0.717, 1.165) is 36.6 Å². The molecular weight excluding hydrogens is 290 g/mol. The number of ether oxygens (including phenoxy) is 3. The average Bonchev–Trinajstić information content (AvgIpc) is 3.13. The maximum atomic E-state index is 6.03. The van der Waals surface area contributed by atoms with Crippen LogP contribution in [-0.4, -0.2) is 33.4 Å². The van der Waals surface area contributed by atoms with E-state index in [-0.39, 0.29) is 0 Å². The normalized spacial score (nSPS) is 17.2. The predicted molar refractivity (Wildman–Crippen MR) is 91.0 cm³/mol. The Balaban J connectivity index is 1.84. The molecule has 0 aromatic heterocycles. The molecule has 0 amide bonds. The van der Waals surface area contributed by atoms with Gasteiger partial charge in [0, 0.05) is 6.54 Å². The maximum absolute atomic E-state index is 6.03. The van der Waals surface area contributed by atoms with Gasteiger partial charge >= 0.3 is 0 Å². The van der Waals surface area contributed by atoms with E-state index in [1.807, 2.05) is 18.2 Å². The summed E-state index contributed by atoms with van der Waals surface area (Å²) in [6.07, 6.45) is 1.40. The maximum Gasteiger partial charge on any atom is 0.161 e. The Hall–Kier alpha value is -2.04. The second-order valence-electron chi connectivity index (χ2n) is 5.65. The topological polar surface area (TPSA) is 39.7 Å². The molecule has 3 rings (SSSR count). The van der Waals surface area contributed by atoms with Crippen LogP contribution in [0.3, 0.4) is 0 Å². The standard InChI is InChI=1S/C19H23NO3/c1-21-18-8-7-14(11-19(18)22-2)17-6-4-3-5-15(17)13-23-16-9-10-20-12-16/h3-8,11,16,20H,9-10,12-13H2,1-2H3. The van der Waals surface area contributed by atoms with Crippen molar-refractivity contribution >= 4 is 0 Å². The first kappa shape index (κ1) is 15.8. The molecule has 0 radical (unpaired) electrons. The van der Waals surface area contributed by atoms with E-state index in [0.29, 0.717) is 12.7 Å². The van der Waals surface area contributed by atoms with Crippen molar-refractivity contribution in [3.63, 3.8) is 0 Å². The summed E-state index contributed by atoms with van der Waals surface area (Å²) in [7, 11) is 3.30. The van der Waals surface area contributed by atoms with Crippen LogP contribution in [0.15, 0.2) is 42.5 Å². The van der Waals surface area contributed by atoms with Gasteiger partial charge in [-0.25, -0.2) is 0 Å². The minimum absolute atomic E-state index is 0.313. The van der Waals surface area contributed by atoms with Crippen LogP contribution in [0.5, 0.6) is 11.5 Å². The molecule has 122 valence electrons. The Kier molecular flexibility index (Phi) is 5.16. The zero-order valence-corrected chi connectivity index (χ0v) is 13.7. The van der Waals surface area contributed by atoms with Crippen LogP contribution in [-0.2, 0) is 11.3 Å². The molecule has 0 spiro atoms. The zero-order chi connectivity index (χ0) is 16.1. The Bertz CT molecular complexity index is 651. The third-order valence-electron chi connectivity index (χ3n) is 4.20. The molecular formula is C19H23NO3. The van der Waals surface area contributed by atoms with Crippen molar-refractivity contribution in [3.05, 3.63) is 48.0 Å². The van der Waals surface area contributed by atoms with Gasteiger partial charge in [-0.05, 0) is 41.8 Å².